The van der Waals surface area contributed by atoms with E-state index in [-0.39, 0.29) is 10.7 Å². The largest absolute Gasteiger partial charge is 0.497 e. The topological polar surface area (TPSA) is 61.9 Å². The molecule has 0 spiro atoms. The first-order valence-corrected chi connectivity index (χ1v) is 11.9. The Labute approximate surface area is 192 Å². The summed E-state index contributed by atoms with van der Waals surface area (Å²) in [6.07, 6.45) is 0. The molecule has 1 aliphatic heterocycles. The van der Waals surface area contributed by atoms with Gasteiger partial charge in [-0.3, -0.25) is 4.72 Å². The molecule has 168 valence electrons. The minimum absolute atomic E-state index is 0.149. The smallest absolute Gasteiger partial charge is 0.261 e. The average molecular weight is 476 g/mol. The van der Waals surface area contributed by atoms with Gasteiger partial charge in [0.05, 0.1) is 29.1 Å². The van der Waals surface area contributed by atoms with Gasteiger partial charge in [-0.25, -0.2) is 12.8 Å². The van der Waals surface area contributed by atoms with E-state index in [4.69, 9.17) is 16.3 Å². The third-order valence-electron chi connectivity index (χ3n) is 5.39. The first-order chi connectivity index (χ1) is 15.4. The van der Waals surface area contributed by atoms with Crippen LogP contribution in [0, 0.1) is 5.82 Å². The van der Waals surface area contributed by atoms with Crippen molar-refractivity contribution < 1.29 is 17.5 Å². The highest BCUT2D eigenvalue weighted by atomic mass is 35.5. The Hall–Kier alpha value is -2.97. The number of benzene rings is 3. The van der Waals surface area contributed by atoms with E-state index < -0.39 is 10.0 Å². The second kappa shape index (κ2) is 9.26. The van der Waals surface area contributed by atoms with Crippen LogP contribution < -0.4 is 19.3 Å². The normalized spacial score (nSPS) is 14.3. The Balaban J connectivity index is 1.50. The van der Waals surface area contributed by atoms with E-state index in [0.717, 1.165) is 5.69 Å². The van der Waals surface area contributed by atoms with E-state index in [9.17, 15) is 12.8 Å². The number of halogens is 2. The molecule has 0 radical (unpaired) electrons. The minimum Gasteiger partial charge on any atom is -0.497 e. The van der Waals surface area contributed by atoms with Gasteiger partial charge in [-0.15, -0.1) is 0 Å². The van der Waals surface area contributed by atoms with Gasteiger partial charge < -0.3 is 14.5 Å². The Kier molecular flexibility index (Phi) is 6.43. The van der Waals surface area contributed by atoms with Crippen LogP contribution in [-0.4, -0.2) is 41.7 Å². The first kappa shape index (κ1) is 22.2. The number of hydrogen-bond acceptors (Lipinski definition) is 5. The summed E-state index contributed by atoms with van der Waals surface area (Å²) in [5, 5.41) is 0.364. The van der Waals surface area contributed by atoms with Crippen LogP contribution in [0.3, 0.4) is 0 Å². The molecule has 0 bridgehead atoms. The van der Waals surface area contributed by atoms with Crippen LogP contribution in [0.4, 0.5) is 21.5 Å². The summed E-state index contributed by atoms with van der Waals surface area (Å²) in [4.78, 5) is 4.21. The van der Waals surface area contributed by atoms with Crippen molar-refractivity contribution in [3.8, 4) is 5.75 Å². The van der Waals surface area contributed by atoms with E-state index >= 15 is 0 Å². The molecule has 0 amide bonds. The predicted octanol–water partition coefficient (Wildman–Crippen LogP) is 4.62. The summed E-state index contributed by atoms with van der Waals surface area (Å²) in [5.41, 5.74) is 1.79. The van der Waals surface area contributed by atoms with E-state index in [1.165, 1.54) is 25.3 Å². The van der Waals surface area contributed by atoms with Crippen LogP contribution in [0.15, 0.2) is 71.6 Å². The van der Waals surface area contributed by atoms with E-state index in [1.54, 1.807) is 36.4 Å². The number of ether oxygens (including phenoxy) is 1. The minimum atomic E-state index is -3.77. The van der Waals surface area contributed by atoms with Crippen molar-refractivity contribution in [1.82, 2.24) is 0 Å². The summed E-state index contributed by atoms with van der Waals surface area (Å²) < 4.78 is 47.9. The van der Waals surface area contributed by atoms with Crippen molar-refractivity contribution >= 4 is 38.7 Å². The van der Waals surface area contributed by atoms with Crippen molar-refractivity contribution in [2.45, 2.75) is 4.90 Å². The molecule has 0 atom stereocenters. The lowest BCUT2D eigenvalue weighted by Crippen LogP contribution is -2.47. The SMILES string of the molecule is COc1ccc(S(=O)(=O)Nc2ccccc2N2CCN(c3ccc(Cl)cc3F)CC2)cc1. The zero-order valence-electron chi connectivity index (χ0n) is 17.5. The standard InChI is InChI=1S/C23H23ClFN3O3S/c1-31-18-7-9-19(10-8-18)32(29,30)26-21-4-2-3-5-23(21)28-14-12-27(13-15-28)22-11-6-17(24)16-20(22)25/h2-11,16,26H,12-15H2,1H3. The van der Waals surface area contributed by atoms with Crippen molar-refractivity contribution in [1.29, 1.82) is 0 Å². The molecule has 3 aromatic rings. The van der Waals surface area contributed by atoms with Gasteiger partial charge in [0.2, 0.25) is 0 Å². The molecule has 0 aromatic heterocycles. The second-order valence-electron chi connectivity index (χ2n) is 7.37. The maximum atomic E-state index is 14.3. The number of sulfonamides is 1. The number of methoxy groups -OCH3 is 1. The number of anilines is 3. The molecule has 6 nitrogen and oxygen atoms in total. The zero-order valence-corrected chi connectivity index (χ0v) is 19.0. The zero-order chi connectivity index (χ0) is 22.7. The maximum Gasteiger partial charge on any atom is 0.261 e. The predicted molar refractivity (Wildman–Crippen MR) is 126 cm³/mol. The van der Waals surface area contributed by atoms with E-state index in [2.05, 4.69) is 9.62 Å². The molecule has 1 N–H and O–H groups in total. The van der Waals surface area contributed by atoms with Crippen LogP contribution in [0.5, 0.6) is 5.75 Å². The molecule has 1 aliphatic rings. The lowest BCUT2D eigenvalue weighted by Gasteiger charge is -2.38. The van der Waals surface area contributed by atoms with Crippen LogP contribution in [0.2, 0.25) is 5.02 Å². The Morgan fingerprint density at radius 3 is 2.16 bits per heavy atom. The van der Waals surface area contributed by atoms with Gasteiger partial charge in [-0.05, 0) is 54.6 Å². The monoisotopic (exact) mass is 475 g/mol. The fourth-order valence-corrected chi connectivity index (χ4v) is 4.95. The molecule has 1 fully saturated rings. The Morgan fingerprint density at radius 2 is 1.53 bits per heavy atom. The van der Waals surface area contributed by atoms with Gasteiger partial charge in [0, 0.05) is 31.2 Å². The highest BCUT2D eigenvalue weighted by Crippen LogP contribution is 2.31. The molecular weight excluding hydrogens is 453 g/mol. The van der Waals surface area contributed by atoms with E-state index in [1.807, 2.05) is 17.0 Å². The quantitative estimate of drug-likeness (QED) is 0.564. The summed E-state index contributed by atoms with van der Waals surface area (Å²) >= 11 is 5.86. The van der Waals surface area contributed by atoms with Gasteiger partial charge in [-0.2, -0.15) is 0 Å². The average Bonchev–Trinajstić information content (AvgIpc) is 2.79. The molecular formula is C23H23ClFN3O3S. The fourth-order valence-electron chi connectivity index (χ4n) is 3.72. The molecule has 0 saturated carbocycles. The van der Waals surface area contributed by atoms with Crippen molar-refractivity contribution in [2.24, 2.45) is 0 Å². The molecule has 9 heteroatoms. The number of nitrogens with zero attached hydrogens (tertiary/aromatic N) is 2. The Bertz CT molecular complexity index is 1200. The summed E-state index contributed by atoms with van der Waals surface area (Å²) in [6.45, 7) is 2.42. The summed E-state index contributed by atoms with van der Waals surface area (Å²) in [5.74, 6) is 0.234. The van der Waals surface area contributed by atoms with Gasteiger partial charge in [0.1, 0.15) is 11.6 Å². The first-order valence-electron chi connectivity index (χ1n) is 10.1. The third kappa shape index (κ3) is 4.76. The molecule has 3 aromatic carbocycles. The molecule has 32 heavy (non-hydrogen) atoms. The van der Waals surface area contributed by atoms with Gasteiger partial charge >= 0.3 is 0 Å². The number of rotatable bonds is 6. The molecule has 4 rings (SSSR count). The maximum absolute atomic E-state index is 14.3. The lowest BCUT2D eigenvalue weighted by molar-refractivity contribution is 0.414. The number of hydrogen-bond donors (Lipinski definition) is 1. The van der Waals surface area contributed by atoms with Crippen molar-refractivity contribution in [2.75, 3.05) is 47.8 Å². The molecule has 1 heterocycles. The molecule has 0 aliphatic carbocycles. The second-order valence-corrected chi connectivity index (χ2v) is 9.49. The van der Waals surface area contributed by atoms with Gasteiger partial charge in [0.15, 0.2) is 0 Å². The van der Waals surface area contributed by atoms with Gasteiger partial charge in [-0.1, -0.05) is 23.7 Å². The number of nitrogens with one attached hydrogen (secondary N) is 1. The van der Waals surface area contributed by atoms with Crippen molar-refractivity contribution in [3.63, 3.8) is 0 Å². The van der Waals surface area contributed by atoms with Crippen LogP contribution in [-0.2, 0) is 10.0 Å². The summed E-state index contributed by atoms with van der Waals surface area (Å²) in [7, 11) is -2.24. The highest BCUT2D eigenvalue weighted by molar-refractivity contribution is 7.92. The molecule has 1 saturated heterocycles. The molecule has 0 unspecified atom stereocenters. The number of piperazine rings is 1. The fraction of sp³-hybridized carbons (Fsp3) is 0.217. The van der Waals surface area contributed by atoms with Crippen molar-refractivity contribution in [3.05, 3.63) is 77.6 Å². The third-order valence-corrected chi connectivity index (χ3v) is 7.01. The van der Waals surface area contributed by atoms with Crippen LogP contribution in [0.25, 0.3) is 0 Å². The lowest BCUT2D eigenvalue weighted by atomic mass is 10.2. The van der Waals surface area contributed by atoms with Crippen LogP contribution in [0.1, 0.15) is 0 Å². The van der Waals surface area contributed by atoms with Gasteiger partial charge in [0.25, 0.3) is 10.0 Å². The highest BCUT2D eigenvalue weighted by Gasteiger charge is 2.23. The Morgan fingerprint density at radius 1 is 0.906 bits per heavy atom. The van der Waals surface area contributed by atoms with E-state index in [0.29, 0.717) is 48.3 Å². The number of para-hydroxylation sites is 2. The van der Waals surface area contributed by atoms with Crippen LogP contribution >= 0.6 is 11.6 Å². The summed E-state index contributed by atoms with van der Waals surface area (Å²) in [6, 6.07) is 18.2.